The number of piperazine rings is 1. The van der Waals surface area contributed by atoms with E-state index in [1.807, 2.05) is 30.3 Å². The highest BCUT2D eigenvalue weighted by Crippen LogP contribution is 2.13. The van der Waals surface area contributed by atoms with E-state index in [1.165, 1.54) is 25.2 Å². The molecule has 2 N–H and O–H groups in total. The first kappa shape index (κ1) is 21.4. The number of barbiturate groups is 1. The highest BCUT2D eigenvalue weighted by Gasteiger charge is 2.41. The number of nitrogens with one attached hydrogen (secondary N) is 2. The Morgan fingerprint density at radius 1 is 1.10 bits per heavy atom. The van der Waals surface area contributed by atoms with E-state index in [9.17, 15) is 19.2 Å². The highest BCUT2D eigenvalue weighted by molar-refractivity contribution is 6.23. The van der Waals surface area contributed by atoms with Crippen LogP contribution in [0.4, 0.5) is 15.3 Å². The molecule has 10 nitrogen and oxygen atoms in total. The molecule has 0 aromatic heterocycles. The van der Waals surface area contributed by atoms with Crippen LogP contribution in [-0.2, 0) is 9.59 Å². The molecule has 1 aromatic carbocycles. The first-order chi connectivity index (χ1) is 14.4. The summed E-state index contributed by atoms with van der Waals surface area (Å²) in [6, 6.07) is 8.62. The van der Waals surface area contributed by atoms with Gasteiger partial charge >= 0.3 is 12.1 Å². The summed E-state index contributed by atoms with van der Waals surface area (Å²) in [5, 5.41) is 2.89. The lowest BCUT2D eigenvalue weighted by Gasteiger charge is -2.32. The highest BCUT2D eigenvalue weighted by atomic mass is 16.2. The predicted octanol–water partition coefficient (Wildman–Crippen LogP) is -0.844. The second kappa shape index (κ2) is 9.49. The Morgan fingerprint density at radius 2 is 1.70 bits per heavy atom. The summed E-state index contributed by atoms with van der Waals surface area (Å²) in [5.74, 6) is -2.17. The Balaban J connectivity index is 1.41. The lowest BCUT2D eigenvalue weighted by Crippen LogP contribution is -3.15. The van der Waals surface area contributed by atoms with Gasteiger partial charge in [-0.3, -0.25) is 24.4 Å². The summed E-state index contributed by atoms with van der Waals surface area (Å²) < 4.78 is 0. The lowest BCUT2D eigenvalue weighted by atomic mass is 10.1. The number of para-hydroxylation sites is 1. The van der Waals surface area contributed by atoms with Gasteiger partial charge in [0.25, 0.3) is 0 Å². The molecule has 2 aliphatic heterocycles. The molecule has 6 amide bonds. The summed E-state index contributed by atoms with van der Waals surface area (Å²) >= 11 is 0. The maximum Gasteiger partial charge on any atom is 0.332 e. The number of anilines is 1. The molecular formula is C20H27N6O4+. The van der Waals surface area contributed by atoms with Crippen LogP contribution in [-0.4, -0.2) is 98.2 Å². The standard InChI is InChI=1S/C20H26N6O4/c1-23-17(27)16(18(28)24(2)20(23)30)14-21-8-9-25-10-12-26(13-11-25)19(29)22-15-6-4-3-5-7-15/h3-7,14,16H,8-13H2,1-2H3,(H,22,29)/p+1. The molecule has 2 fully saturated rings. The molecule has 2 aliphatic rings. The molecule has 0 atom stereocenters. The predicted molar refractivity (Wildman–Crippen MR) is 110 cm³/mol. The van der Waals surface area contributed by atoms with E-state index in [1.54, 1.807) is 4.90 Å². The van der Waals surface area contributed by atoms with Crippen molar-refractivity contribution in [3.63, 3.8) is 0 Å². The summed E-state index contributed by atoms with van der Waals surface area (Å²) in [7, 11) is 2.71. The molecule has 160 valence electrons. The van der Waals surface area contributed by atoms with Crippen molar-refractivity contribution in [2.75, 3.05) is 58.7 Å². The Labute approximate surface area is 175 Å². The van der Waals surface area contributed by atoms with Crippen molar-refractivity contribution in [3.8, 4) is 0 Å². The fraction of sp³-hybridized carbons (Fsp3) is 0.450. The van der Waals surface area contributed by atoms with Gasteiger partial charge in [-0.15, -0.1) is 0 Å². The zero-order valence-corrected chi connectivity index (χ0v) is 17.2. The average molecular weight is 415 g/mol. The molecule has 0 unspecified atom stereocenters. The van der Waals surface area contributed by atoms with E-state index in [4.69, 9.17) is 0 Å². The molecule has 30 heavy (non-hydrogen) atoms. The van der Waals surface area contributed by atoms with Gasteiger partial charge in [-0.1, -0.05) is 18.2 Å². The van der Waals surface area contributed by atoms with Gasteiger partial charge in [-0.25, -0.2) is 9.59 Å². The van der Waals surface area contributed by atoms with Crippen LogP contribution in [0.1, 0.15) is 0 Å². The quantitative estimate of drug-likeness (QED) is 0.483. The van der Waals surface area contributed by atoms with Crippen LogP contribution in [0.2, 0.25) is 0 Å². The third-order valence-electron chi connectivity index (χ3n) is 5.40. The summed E-state index contributed by atoms with van der Waals surface area (Å²) in [6.07, 6.45) is 1.34. The fourth-order valence-electron chi connectivity index (χ4n) is 3.47. The van der Waals surface area contributed by atoms with Crippen LogP contribution < -0.4 is 10.2 Å². The molecule has 0 aliphatic carbocycles. The topological polar surface area (TPSA) is 107 Å². The summed E-state index contributed by atoms with van der Waals surface area (Å²) in [6.45, 7) is 4.11. The van der Waals surface area contributed by atoms with Crippen molar-refractivity contribution in [2.45, 2.75) is 0 Å². The van der Waals surface area contributed by atoms with E-state index in [0.717, 1.165) is 35.1 Å². The monoisotopic (exact) mass is 415 g/mol. The first-order valence-electron chi connectivity index (χ1n) is 9.92. The largest absolute Gasteiger partial charge is 0.332 e. The van der Waals surface area contributed by atoms with Crippen LogP contribution in [0, 0.1) is 5.92 Å². The van der Waals surface area contributed by atoms with Crippen molar-refractivity contribution in [3.05, 3.63) is 30.3 Å². The lowest BCUT2D eigenvalue weighted by molar-refractivity contribution is -0.902. The smallest absolute Gasteiger partial charge is 0.330 e. The van der Waals surface area contributed by atoms with E-state index in [2.05, 4.69) is 10.3 Å². The molecule has 2 saturated heterocycles. The number of imide groups is 2. The minimum absolute atomic E-state index is 0.101. The molecule has 10 heteroatoms. The number of quaternary nitrogens is 1. The van der Waals surface area contributed by atoms with Crippen molar-refractivity contribution in [2.24, 2.45) is 10.9 Å². The number of hydrogen-bond acceptors (Lipinski definition) is 5. The van der Waals surface area contributed by atoms with E-state index >= 15 is 0 Å². The minimum Gasteiger partial charge on any atom is -0.330 e. The number of amides is 6. The van der Waals surface area contributed by atoms with E-state index in [0.29, 0.717) is 19.6 Å². The number of urea groups is 2. The maximum atomic E-state index is 12.3. The van der Waals surface area contributed by atoms with Crippen molar-refractivity contribution in [1.29, 1.82) is 0 Å². The Hall–Kier alpha value is -3.27. The number of rotatable bonds is 5. The van der Waals surface area contributed by atoms with Gasteiger partial charge in [0.15, 0.2) is 5.92 Å². The van der Waals surface area contributed by atoms with Crippen LogP contribution in [0.5, 0.6) is 0 Å². The second-order valence-electron chi connectivity index (χ2n) is 7.39. The number of hydrogen-bond donors (Lipinski definition) is 2. The van der Waals surface area contributed by atoms with Crippen molar-refractivity contribution >= 4 is 35.8 Å². The molecule has 3 rings (SSSR count). The molecule has 1 aromatic rings. The number of carbonyl (C=O) groups is 4. The van der Waals surface area contributed by atoms with E-state index < -0.39 is 23.8 Å². The molecule has 0 radical (unpaired) electrons. The van der Waals surface area contributed by atoms with Gasteiger partial charge in [0, 0.05) is 26.0 Å². The van der Waals surface area contributed by atoms with Gasteiger partial charge in [0.2, 0.25) is 11.8 Å². The Bertz CT molecular complexity index is 811. The number of aliphatic imine (C=N–C) groups is 1. The second-order valence-corrected chi connectivity index (χ2v) is 7.39. The SMILES string of the molecule is CN1C(=O)C(C=NCC[NH+]2CCN(C(=O)Nc3ccccc3)CC2)C(=O)N(C)C1=O. The van der Waals surface area contributed by atoms with Crippen LogP contribution >= 0.6 is 0 Å². The number of nitrogens with zero attached hydrogens (tertiary/aromatic N) is 4. The first-order valence-corrected chi connectivity index (χ1v) is 9.92. The molecule has 0 saturated carbocycles. The van der Waals surface area contributed by atoms with Gasteiger partial charge in [-0.2, -0.15) is 0 Å². The maximum absolute atomic E-state index is 12.3. The zero-order valence-electron chi connectivity index (χ0n) is 17.2. The number of carbonyl (C=O) groups excluding carboxylic acids is 4. The van der Waals surface area contributed by atoms with Gasteiger partial charge in [0.1, 0.15) is 0 Å². The van der Waals surface area contributed by atoms with Crippen molar-refractivity contribution in [1.82, 2.24) is 14.7 Å². The van der Waals surface area contributed by atoms with Gasteiger partial charge < -0.3 is 15.1 Å². The molecule has 2 heterocycles. The normalized spacial score (nSPS) is 19.1. The third kappa shape index (κ3) is 4.82. The molecule has 0 bridgehead atoms. The molecule has 0 spiro atoms. The minimum atomic E-state index is -1.05. The van der Waals surface area contributed by atoms with Gasteiger partial charge in [-0.05, 0) is 12.1 Å². The van der Waals surface area contributed by atoms with Gasteiger partial charge in [0.05, 0.1) is 39.3 Å². The van der Waals surface area contributed by atoms with Crippen molar-refractivity contribution < 1.29 is 24.1 Å². The Kier molecular flexibility index (Phi) is 6.78. The third-order valence-corrected chi connectivity index (χ3v) is 5.40. The number of benzene rings is 1. The fourth-order valence-corrected chi connectivity index (χ4v) is 3.47. The zero-order chi connectivity index (χ0) is 21.7. The summed E-state index contributed by atoms with van der Waals surface area (Å²) in [4.78, 5) is 57.6. The van der Waals surface area contributed by atoms with E-state index in [-0.39, 0.29) is 6.03 Å². The van der Waals surface area contributed by atoms with Crippen LogP contribution in [0.15, 0.2) is 35.3 Å². The Morgan fingerprint density at radius 3 is 2.30 bits per heavy atom. The molecular weight excluding hydrogens is 388 g/mol. The average Bonchev–Trinajstić information content (AvgIpc) is 2.77. The van der Waals surface area contributed by atoms with Crippen LogP contribution in [0.25, 0.3) is 0 Å². The summed E-state index contributed by atoms with van der Waals surface area (Å²) in [5.41, 5.74) is 0.774. The van der Waals surface area contributed by atoms with Crippen LogP contribution in [0.3, 0.4) is 0 Å².